The third kappa shape index (κ3) is 3.16. The predicted molar refractivity (Wildman–Crippen MR) is 117 cm³/mol. The summed E-state index contributed by atoms with van der Waals surface area (Å²) in [5, 5.41) is 2.89. The lowest BCUT2D eigenvalue weighted by Crippen LogP contribution is -2.25. The van der Waals surface area contributed by atoms with Gasteiger partial charge in [-0.3, -0.25) is 4.79 Å². The smallest absolute Gasteiger partial charge is 0.262 e. The standard InChI is InChI=1S/C23H16INO3/c24-17-8-6-16-10-18(15-7-9-20-19(11-15)25-22(26)13-27-20)23(28-21(16)12-17)14-4-2-1-3-5-14/h1-12,23H,13H2,(H,25,26). The van der Waals surface area contributed by atoms with Crippen molar-refractivity contribution in [2.24, 2.45) is 0 Å². The minimum atomic E-state index is -0.231. The zero-order valence-corrected chi connectivity index (χ0v) is 17.0. The topological polar surface area (TPSA) is 47.6 Å². The second kappa shape index (κ2) is 6.98. The van der Waals surface area contributed by atoms with E-state index in [-0.39, 0.29) is 18.6 Å². The van der Waals surface area contributed by atoms with E-state index in [2.05, 4.69) is 64.3 Å². The van der Waals surface area contributed by atoms with Gasteiger partial charge in [0.25, 0.3) is 5.91 Å². The van der Waals surface area contributed by atoms with Crippen LogP contribution in [0, 0.1) is 3.57 Å². The fourth-order valence-corrected chi connectivity index (χ4v) is 4.00. The highest BCUT2D eigenvalue weighted by molar-refractivity contribution is 14.1. The van der Waals surface area contributed by atoms with Crippen molar-refractivity contribution in [1.82, 2.24) is 0 Å². The Labute approximate surface area is 176 Å². The molecule has 1 atom stereocenters. The second-order valence-corrected chi connectivity index (χ2v) is 7.98. The number of carbonyl (C=O) groups excluding carboxylic acids is 1. The number of carbonyl (C=O) groups is 1. The lowest BCUT2D eigenvalue weighted by atomic mass is 9.90. The first kappa shape index (κ1) is 17.3. The summed E-state index contributed by atoms with van der Waals surface area (Å²) in [6, 6.07) is 22.2. The highest BCUT2D eigenvalue weighted by atomic mass is 127. The van der Waals surface area contributed by atoms with Crippen molar-refractivity contribution in [3.8, 4) is 11.5 Å². The zero-order valence-electron chi connectivity index (χ0n) is 14.8. The molecule has 2 aliphatic rings. The zero-order chi connectivity index (χ0) is 19.1. The van der Waals surface area contributed by atoms with Crippen LogP contribution in [-0.4, -0.2) is 12.5 Å². The molecule has 2 aliphatic heterocycles. The molecule has 0 aromatic heterocycles. The van der Waals surface area contributed by atoms with Gasteiger partial charge in [0.05, 0.1) is 5.69 Å². The van der Waals surface area contributed by atoms with Crippen molar-refractivity contribution in [2.75, 3.05) is 11.9 Å². The van der Waals surface area contributed by atoms with Crippen molar-refractivity contribution in [3.63, 3.8) is 0 Å². The maximum atomic E-state index is 11.7. The van der Waals surface area contributed by atoms with E-state index < -0.39 is 0 Å². The molecule has 0 spiro atoms. The van der Waals surface area contributed by atoms with Gasteiger partial charge in [-0.05, 0) is 64.1 Å². The quantitative estimate of drug-likeness (QED) is 0.506. The summed E-state index contributed by atoms with van der Waals surface area (Å²) in [6.07, 6.45) is 1.94. The molecular formula is C23H16INO3. The average Bonchev–Trinajstić information content (AvgIpc) is 2.73. The van der Waals surface area contributed by atoms with Crippen LogP contribution in [0.25, 0.3) is 11.6 Å². The van der Waals surface area contributed by atoms with Crippen LogP contribution in [0.2, 0.25) is 0 Å². The number of hydrogen-bond acceptors (Lipinski definition) is 3. The van der Waals surface area contributed by atoms with Crippen LogP contribution >= 0.6 is 22.6 Å². The first-order chi connectivity index (χ1) is 13.7. The van der Waals surface area contributed by atoms with E-state index in [4.69, 9.17) is 9.47 Å². The molecular weight excluding hydrogens is 465 g/mol. The molecule has 5 rings (SSSR count). The Balaban J connectivity index is 1.64. The van der Waals surface area contributed by atoms with Crippen molar-refractivity contribution < 1.29 is 14.3 Å². The van der Waals surface area contributed by atoms with E-state index in [0.29, 0.717) is 11.4 Å². The highest BCUT2D eigenvalue weighted by Crippen LogP contribution is 2.44. The number of fused-ring (bicyclic) bond motifs is 2. The molecule has 0 radical (unpaired) electrons. The minimum Gasteiger partial charge on any atom is -0.482 e. The van der Waals surface area contributed by atoms with E-state index >= 15 is 0 Å². The predicted octanol–water partition coefficient (Wildman–Crippen LogP) is 5.30. The summed E-state index contributed by atoms with van der Waals surface area (Å²) in [7, 11) is 0. The Morgan fingerprint density at radius 1 is 0.964 bits per heavy atom. The van der Waals surface area contributed by atoms with Gasteiger partial charge >= 0.3 is 0 Å². The second-order valence-electron chi connectivity index (χ2n) is 6.74. The monoisotopic (exact) mass is 481 g/mol. The van der Waals surface area contributed by atoms with Crippen LogP contribution in [0.4, 0.5) is 5.69 Å². The van der Waals surface area contributed by atoms with Gasteiger partial charge in [-0.1, -0.05) is 42.5 Å². The van der Waals surface area contributed by atoms with Gasteiger partial charge in [-0.25, -0.2) is 0 Å². The molecule has 3 aromatic rings. The fraction of sp³-hybridized carbons (Fsp3) is 0.0870. The summed E-state index contributed by atoms with van der Waals surface area (Å²) in [5.41, 5.74) is 4.84. The Morgan fingerprint density at radius 3 is 2.68 bits per heavy atom. The van der Waals surface area contributed by atoms with Gasteiger partial charge in [-0.2, -0.15) is 0 Å². The molecule has 5 heteroatoms. The molecule has 2 heterocycles. The van der Waals surface area contributed by atoms with Gasteiger partial charge in [-0.15, -0.1) is 0 Å². The number of rotatable bonds is 2. The van der Waals surface area contributed by atoms with Gasteiger partial charge < -0.3 is 14.8 Å². The molecule has 0 bridgehead atoms. The molecule has 1 amide bonds. The molecule has 0 aliphatic carbocycles. The molecule has 28 heavy (non-hydrogen) atoms. The largest absolute Gasteiger partial charge is 0.482 e. The van der Waals surface area contributed by atoms with E-state index in [9.17, 15) is 4.79 Å². The summed E-state index contributed by atoms with van der Waals surface area (Å²) in [5.74, 6) is 1.42. The van der Waals surface area contributed by atoms with Gasteiger partial charge in [0.2, 0.25) is 0 Å². The minimum absolute atomic E-state index is 0.0524. The number of amides is 1. The first-order valence-electron chi connectivity index (χ1n) is 8.97. The third-order valence-corrected chi connectivity index (χ3v) is 5.53. The van der Waals surface area contributed by atoms with E-state index in [0.717, 1.165) is 31.6 Å². The summed E-state index contributed by atoms with van der Waals surface area (Å²) in [6.45, 7) is 0.0524. The van der Waals surface area contributed by atoms with Crippen molar-refractivity contribution in [3.05, 3.63) is 87.0 Å². The molecule has 1 unspecified atom stereocenters. The number of benzene rings is 3. The Morgan fingerprint density at radius 2 is 1.82 bits per heavy atom. The van der Waals surface area contributed by atoms with Crippen molar-refractivity contribution in [2.45, 2.75) is 6.10 Å². The van der Waals surface area contributed by atoms with Crippen LogP contribution in [0.5, 0.6) is 11.5 Å². The number of nitrogens with one attached hydrogen (secondary N) is 1. The molecule has 1 N–H and O–H groups in total. The lowest BCUT2D eigenvalue weighted by Gasteiger charge is -2.29. The van der Waals surface area contributed by atoms with Gasteiger partial charge in [0.15, 0.2) is 6.61 Å². The number of ether oxygens (including phenoxy) is 2. The molecule has 3 aromatic carbocycles. The van der Waals surface area contributed by atoms with Gasteiger partial charge in [0, 0.05) is 14.7 Å². The molecule has 138 valence electrons. The first-order valence-corrected chi connectivity index (χ1v) is 10.0. The van der Waals surface area contributed by atoms with Crippen LogP contribution in [-0.2, 0) is 4.79 Å². The maximum absolute atomic E-state index is 11.7. The van der Waals surface area contributed by atoms with E-state index in [1.54, 1.807) is 0 Å². The fourth-order valence-electron chi connectivity index (χ4n) is 3.54. The average molecular weight is 481 g/mol. The molecule has 4 nitrogen and oxygen atoms in total. The maximum Gasteiger partial charge on any atom is 0.262 e. The SMILES string of the molecule is O=C1COc2ccc(C3=Cc4ccc(I)cc4OC3c3ccccc3)cc2N1. The van der Waals surface area contributed by atoms with E-state index in [1.165, 1.54) is 0 Å². The molecule has 0 saturated heterocycles. The highest BCUT2D eigenvalue weighted by Gasteiger charge is 2.27. The number of hydrogen-bond donors (Lipinski definition) is 1. The Hall–Kier alpha value is -2.80. The van der Waals surface area contributed by atoms with Crippen LogP contribution in [0.15, 0.2) is 66.7 Å². The number of anilines is 1. The van der Waals surface area contributed by atoms with Crippen molar-refractivity contribution in [1.29, 1.82) is 0 Å². The summed E-state index contributed by atoms with van der Waals surface area (Å²) in [4.78, 5) is 11.7. The summed E-state index contributed by atoms with van der Waals surface area (Å²) >= 11 is 2.30. The van der Waals surface area contributed by atoms with Crippen LogP contribution < -0.4 is 14.8 Å². The third-order valence-electron chi connectivity index (χ3n) is 4.86. The molecule has 0 saturated carbocycles. The van der Waals surface area contributed by atoms with Gasteiger partial charge in [0.1, 0.15) is 17.6 Å². The van der Waals surface area contributed by atoms with Crippen LogP contribution in [0.3, 0.4) is 0 Å². The lowest BCUT2D eigenvalue weighted by molar-refractivity contribution is -0.118. The number of halogens is 1. The van der Waals surface area contributed by atoms with Crippen molar-refractivity contribution >= 4 is 45.8 Å². The van der Waals surface area contributed by atoms with E-state index in [1.807, 2.05) is 36.4 Å². The Kier molecular flexibility index (Phi) is 4.31. The normalized spacial score (nSPS) is 17.4. The Bertz CT molecular complexity index is 1110. The van der Waals surface area contributed by atoms with Crippen LogP contribution in [0.1, 0.15) is 22.8 Å². The molecule has 0 fully saturated rings. The summed E-state index contributed by atoms with van der Waals surface area (Å²) < 4.78 is 13.1.